The second-order valence-electron chi connectivity index (χ2n) is 2.20. The Morgan fingerprint density at radius 1 is 1.50 bits per heavy atom. The maximum atomic E-state index is 12.6. The summed E-state index contributed by atoms with van der Waals surface area (Å²) in [5.41, 5.74) is -0.461. The molecule has 1 aromatic rings. The quantitative estimate of drug-likeness (QED) is 0.692. The van der Waals surface area contributed by atoms with Gasteiger partial charge < -0.3 is 5.11 Å². The molecule has 0 bridgehead atoms. The molecule has 0 fully saturated rings. The number of rotatable bonds is 2. The molecule has 1 heterocycles. The van der Waals surface area contributed by atoms with Gasteiger partial charge in [0.05, 0.1) is 6.20 Å². The van der Waals surface area contributed by atoms with Crippen molar-refractivity contribution in [1.29, 1.82) is 0 Å². The molecule has 1 rings (SSSR count). The molecule has 0 radical (unpaired) electrons. The number of pyridine rings is 1. The van der Waals surface area contributed by atoms with Crippen LogP contribution in [-0.4, -0.2) is 16.8 Å². The molecule has 0 spiro atoms. The van der Waals surface area contributed by atoms with E-state index in [1.54, 1.807) is 0 Å². The first kappa shape index (κ1) is 8.99. The minimum absolute atomic E-state index is 0.461. The fourth-order valence-corrected chi connectivity index (χ4v) is 0.755. The third-order valence-electron chi connectivity index (χ3n) is 1.34. The largest absolute Gasteiger partial charge is 0.385 e. The van der Waals surface area contributed by atoms with Gasteiger partial charge in [-0.2, -0.15) is 4.39 Å². The lowest BCUT2D eigenvalue weighted by Gasteiger charge is -2.05. The number of halogens is 3. The molecule has 0 amide bonds. The van der Waals surface area contributed by atoms with E-state index in [1.165, 1.54) is 0 Å². The molecule has 0 aromatic carbocycles. The highest BCUT2D eigenvalue weighted by Crippen LogP contribution is 2.16. The highest BCUT2D eigenvalue weighted by molar-refractivity contribution is 5.15. The summed E-state index contributed by atoms with van der Waals surface area (Å²) in [6.45, 7) is -1.16. The molecular weight excluding hydrogens is 171 g/mol. The van der Waals surface area contributed by atoms with E-state index in [9.17, 15) is 13.2 Å². The Morgan fingerprint density at radius 2 is 2.17 bits per heavy atom. The SMILES string of the molecule is O[C@H](CF)c1cc(F)cnc1F. The Bertz CT molecular complexity index is 279. The van der Waals surface area contributed by atoms with Crippen LogP contribution in [0, 0.1) is 11.8 Å². The van der Waals surface area contributed by atoms with Crippen LogP contribution in [0.1, 0.15) is 11.7 Å². The van der Waals surface area contributed by atoms with Gasteiger partial charge >= 0.3 is 0 Å². The summed E-state index contributed by atoms with van der Waals surface area (Å²) in [6, 6.07) is 0.715. The normalized spacial score (nSPS) is 13.0. The molecule has 2 nitrogen and oxygen atoms in total. The van der Waals surface area contributed by atoms with Crippen LogP contribution in [0.3, 0.4) is 0 Å². The van der Waals surface area contributed by atoms with E-state index in [2.05, 4.69) is 4.98 Å². The van der Waals surface area contributed by atoms with Crippen LogP contribution in [-0.2, 0) is 0 Å². The minimum atomic E-state index is -1.65. The Hall–Kier alpha value is -1.10. The maximum Gasteiger partial charge on any atom is 0.218 e. The van der Waals surface area contributed by atoms with E-state index in [1.807, 2.05) is 0 Å². The minimum Gasteiger partial charge on any atom is -0.385 e. The fourth-order valence-electron chi connectivity index (χ4n) is 0.755. The van der Waals surface area contributed by atoms with Gasteiger partial charge in [0, 0.05) is 5.56 Å². The average molecular weight is 177 g/mol. The molecule has 1 N–H and O–H groups in total. The van der Waals surface area contributed by atoms with Gasteiger partial charge in [0.2, 0.25) is 5.95 Å². The van der Waals surface area contributed by atoms with Gasteiger partial charge in [-0.05, 0) is 6.07 Å². The van der Waals surface area contributed by atoms with Gasteiger partial charge in [0.25, 0.3) is 0 Å². The number of nitrogens with zero attached hydrogens (tertiary/aromatic N) is 1. The van der Waals surface area contributed by atoms with E-state index in [0.29, 0.717) is 12.3 Å². The van der Waals surface area contributed by atoms with E-state index in [4.69, 9.17) is 5.11 Å². The van der Waals surface area contributed by atoms with Crippen molar-refractivity contribution in [3.8, 4) is 0 Å². The lowest BCUT2D eigenvalue weighted by Crippen LogP contribution is -2.04. The van der Waals surface area contributed by atoms with Crippen molar-refractivity contribution in [1.82, 2.24) is 4.98 Å². The topological polar surface area (TPSA) is 33.1 Å². The van der Waals surface area contributed by atoms with E-state index in [-0.39, 0.29) is 0 Å². The first-order valence-corrected chi connectivity index (χ1v) is 3.20. The third-order valence-corrected chi connectivity index (χ3v) is 1.34. The number of alkyl halides is 1. The van der Waals surface area contributed by atoms with Crippen LogP contribution in [0.2, 0.25) is 0 Å². The molecule has 0 saturated heterocycles. The Labute approximate surface area is 66.7 Å². The number of hydrogen-bond donors (Lipinski definition) is 1. The number of aliphatic hydroxyl groups excluding tert-OH is 1. The van der Waals surface area contributed by atoms with Gasteiger partial charge in [-0.3, -0.25) is 0 Å². The predicted molar refractivity (Wildman–Crippen MR) is 35.1 cm³/mol. The first-order valence-electron chi connectivity index (χ1n) is 3.20. The highest BCUT2D eigenvalue weighted by atomic mass is 19.1. The number of aromatic nitrogens is 1. The van der Waals surface area contributed by atoms with Crippen molar-refractivity contribution in [2.24, 2.45) is 0 Å². The zero-order valence-electron chi connectivity index (χ0n) is 5.97. The van der Waals surface area contributed by atoms with E-state index in [0.717, 1.165) is 0 Å². The summed E-state index contributed by atoms with van der Waals surface area (Å²) in [4.78, 5) is 2.98. The Balaban J connectivity index is 3.04. The summed E-state index contributed by atoms with van der Waals surface area (Å²) in [7, 11) is 0. The van der Waals surface area contributed by atoms with Crippen LogP contribution in [0.25, 0.3) is 0 Å². The third kappa shape index (κ3) is 1.73. The van der Waals surface area contributed by atoms with Crippen molar-refractivity contribution in [3.63, 3.8) is 0 Å². The van der Waals surface area contributed by atoms with Gasteiger partial charge in [0.15, 0.2) is 0 Å². The second kappa shape index (κ2) is 3.53. The van der Waals surface area contributed by atoms with Crippen molar-refractivity contribution < 1.29 is 18.3 Å². The first-order chi connectivity index (χ1) is 5.65. The molecule has 0 unspecified atom stereocenters. The lowest BCUT2D eigenvalue weighted by molar-refractivity contribution is 0.136. The smallest absolute Gasteiger partial charge is 0.218 e. The number of hydrogen-bond acceptors (Lipinski definition) is 2. The molecule has 0 aliphatic heterocycles. The zero-order valence-corrected chi connectivity index (χ0v) is 5.97. The highest BCUT2D eigenvalue weighted by Gasteiger charge is 2.14. The maximum absolute atomic E-state index is 12.6. The molecule has 5 heteroatoms. The molecule has 1 atom stereocenters. The van der Waals surface area contributed by atoms with Gasteiger partial charge in [-0.25, -0.2) is 13.8 Å². The van der Waals surface area contributed by atoms with Crippen molar-refractivity contribution in [2.45, 2.75) is 6.10 Å². The summed E-state index contributed by atoms with van der Waals surface area (Å²) in [5, 5.41) is 8.81. The van der Waals surface area contributed by atoms with E-state index >= 15 is 0 Å². The molecule has 66 valence electrons. The molecule has 12 heavy (non-hydrogen) atoms. The fraction of sp³-hybridized carbons (Fsp3) is 0.286. The summed E-state index contributed by atoms with van der Waals surface area (Å²) >= 11 is 0. The van der Waals surface area contributed by atoms with Crippen LogP contribution < -0.4 is 0 Å². The standard InChI is InChI=1S/C7H6F3NO/c8-2-6(12)5-1-4(9)3-11-7(5)10/h1,3,6,12H,2H2/t6-/m1/s1. The Morgan fingerprint density at radius 3 is 2.75 bits per heavy atom. The van der Waals surface area contributed by atoms with Crippen LogP contribution in [0.5, 0.6) is 0 Å². The van der Waals surface area contributed by atoms with Crippen LogP contribution in [0.4, 0.5) is 13.2 Å². The van der Waals surface area contributed by atoms with Gasteiger partial charge in [-0.15, -0.1) is 0 Å². The van der Waals surface area contributed by atoms with Crippen molar-refractivity contribution >= 4 is 0 Å². The van der Waals surface area contributed by atoms with Gasteiger partial charge in [0.1, 0.15) is 18.6 Å². The van der Waals surface area contributed by atoms with Crippen molar-refractivity contribution in [2.75, 3.05) is 6.67 Å². The molecular formula is C7H6F3NO. The molecule has 0 saturated carbocycles. The monoisotopic (exact) mass is 177 g/mol. The summed E-state index contributed by atoms with van der Waals surface area (Å²) in [6.07, 6.45) is -0.989. The average Bonchev–Trinajstić information content (AvgIpc) is 2.08. The van der Waals surface area contributed by atoms with E-state index < -0.39 is 30.1 Å². The van der Waals surface area contributed by atoms with Crippen LogP contribution >= 0.6 is 0 Å². The molecule has 0 aliphatic rings. The molecule has 1 aromatic heterocycles. The second-order valence-corrected chi connectivity index (χ2v) is 2.20. The molecule has 0 aliphatic carbocycles. The van der Waals surface area contributed by atoms with Crippen LogP contribution in [0.15, 0.2) is 12.3 Å². The summed E-state index contributed by atoms with van der Waals surface area (Å²) < 4.78 is 36.8. The Kier molecular flexibility index (Phi) is 2.65. The summed E-state index contributed by atoms with van der Waals surface area (Å²) in [5.74, 6) is -1.86. The predicted octanol–water partition coefficient (Wildman–Crippen LogP) is 1.36. The van der Waals surface area contributed by atoms with Crippen molar-refractivity contribution in [3.05, 3.63) is 29.6 Å². The zero-order chi connectivity index (χ0) is 9.14. The lowest BCUT2D eigenvalue weighted by atomic mass is 10.2. The number of aliphatic hydroxyl groups is 1. The van der Waals surface area contributed by atoms with Gasteiger partial charge in [-0.1, -0.05) is 0 Å².